The maximum atomic E-state index is 13.2. The van der Waals surface area contributed by atoms with Gasteiger partial charge in [0.15, 0.2) is 0 Å². The van der Waals surface area contributed by atoms with Crippen LogP contribution in [0.2, 0.25) is 0 Å². The smallest absolute Gasteiger partial charge is 0.272 e. The van der Waals surface area contributed by atoms with Gasteiger partial charge in [0.2, 0.25) is 0 Å². The van der Waals surface area contributed by atoms with Gasteiger partial charge >= 0.3 is 0 Å². The van der Waals surface area contributed by atoms with Gasteiger partial charge in [-0.1, -0.05) is 25.0 Å². The van der Waals surface area contributed by atoms with Crippen LogP contribution in [0.3, 0.4) is 0 Å². The van der Waals surface area contributed by atoms with Gasteiger partial charge in [-0.2, -0.15) is 5.10 Å². The Hall–Kier alpha value is -2.17. The van der Waals surface area contributed by atoms with E-state index in [0.717, 1.165) is 24.1 Å². The van der Waals surface area contributed by atoms with Gasteiger partial charge in [-0.25, -0.2) is 4.39 Å². The minimum atomic E-state index is -0.253. The molecule has 0 spiro atoms. The Kier molecular flexibility index (Phi) is 4.08. The number of aromatic nitrogens is 2. The predicted molar refractivity (Wildman–Crippen MR) is 89.1 cm³/mol. The van der Waals surface area contributed by atoms with Crippen LogP contribution in [0.4, 0.5) is 4.39 Å². The number of carbonyl (C=O) groups is 1. The van der Waals surface area contributed by atoms with Crippen LogP contribution in [-0.4, -0.2) is 16.1 Å². The molecule has 4 nitrogen and oxygen atoms in total. The number of halogens is 1. The second kappa shape index (κ2) is 6.38. The Labute approximate surface area is 140 Å². The van der Waals surface area contributed by atoms with E-state index in [1.807, 2.05) is 6.07 Å². The molecule has 2 aliphatic rings. The summed E-state index contributed by atoms with van der Waals surface area (Å²) >= 11 is 0. The molecule has 0 radical (unpaired) electrons. The van der Waals surface area contributed by atoms with Crippen molar-refractivity contribution in [2.45, 2.75) is 50.5 Å². The fourth-order valence-electron chi connectivity index (χ4n) is 3.71. The summed E-state index contributed by atoms with van der Waals surface area (Å²) in [5.41, 5.74) is 2.47. The SMILES string of the molecule is O=C(NC(c1ccc(F)cc1)C1CCCC1)c1cc(C2CC2)[nH]n1. The molecule has 2 saturated carbocycles. The lowest BCUT2D eigenvalue weighted by atomic mass is 9.91. The standard InChI is InChI=1S/C19H22FN3O/c20-15-9-7-14(8-10-15)18(13-3-1-2-4-13)21-19(24)17-11-16(22-23-17)12-5-6-12/h7-13,18H,1-6H2,(H,21,24)(H,22,23). The zero-order chi connectivity index (χ0) is 16.5. The van der Waals surface area contributed by atoms with Gasteiger partial charge in [0, 0.05) is 11.6 Å². The van der Waals surface area contributed by atoms with E-state index >= 15 is 0 Å². The molecule has 1 unspecified atom stereocenters. The van der Waals surface area contributed by atoms with E-state index in [2.05, 4.69) is 15.5 Å². The highest BCUT2D eigenvalue weighted by Gasteiger charge is 2.30. The van der Waals surface area contributed by atoms with E-state index in [1.54, 1.807) is 12.1 Å². The minimum Gasteiger partial charge on any atom is -0.344 e. The van der Waals surface area contributed by atoms with Crippen LogP contribution in [0, 0.1) is 11.7 Å². The number of hydrogen-bond acceptors (Lipinski definition) is 2. The lowest BCUT2D eigenvalue weighted by molar-refractivity contribution is 0.0916. The Morgan fingerprint density at radius 2 is 1.88 bits per heavy atom. The second-order valence-electron chi connectivity index (χ2n) is 7.03. The molecule has 1 aromatic carbocycles. The van der Waals surface area contributed by atoms with Crippen molar-refractivity contribution in [3.05, 3.63) is 53.1 Å². The van der Waals surface area contributed by atoms with E-state index in [4.69, 9.17) is 0 Å². The van der Waals surface area contributed by atoms with Gasteiger partial charge in [-0.05, 0) is 55.4 Å². The molecule has 24 heavy (non-hydrogen) atoms. The first-order valence-corrected chi connectivity index (χ1v) is 8.82. The van der Waals surface area contributed by atoms with Gasteiger partial charge in [-0.15, -0.1) is 0 Å². The van der Waals surface area contributed by atoms with Gasteiger partial charge in [-0.3, -0.25) is 9.89 Å². The quantitative estimate of drug-likeness (QED) is 0.869. The summed E-state index contributed by atoms with van der Waals surface area (Å²) in [6, 6.07) is 8.26. The van der Waals surface area contributed by atoms with Crippen LogP contribution >= 0.6 is 0 Å². The Bertz CT molecular complexity index is 714. The molecule has 126 valence electrons. The normalized spacial score (nSPS) is 19.4. The average molecular weight is 327 g/mol. The maximum absolute atomic E-state index is 13.2. The number of amides is 1. The molecule has 4 rings (SSSR count). The van der Waals surface area contributed by atoms with Crippen molar-refractivity contribution in [2.75, 3.05) is 0 Å². The number of rotatable bonds is 5. The summed E-state index contributed by atoms with van der Waals surface area (Å²) < 4.78 is 13.2. The lowest BCUT2D eigenvalue weighted by Gasteiger charge is -2.25. The third kappa shape index (κ3) is 3.21. The van der Waals surface area contributed by atoms with Crippen molar-refractivity contribution >= 4 is 5.91 Å². The van der Waals surface area contributed by atoms with Crippen LogP contribution in [-0.2, 0) is 0 Å². The van der Waals surface area contributed by atoms with Gasteiger partial charge < -0.3 is 5.32 Å². The van der Waals surface area contributed by atoms with Crippen molar-refractivity contribution in [3.63, 3.8) is 0 Å². The van der Waals surface area contributed by atoms with E-state index in [1.165, 1.54) is 37.8 Å². The van der Waals surface area contributed by atoms with Crippen molar-refractivity contribution < 1.29 is 9.18 Å². The third-order valence-corrected chi connectivity index (χ3v) is 5.23. The van der Waals surface area contributed by atoms with Crippen LogP contribution < -0.4 is 5.32 Å². The van der Waals surface area contributed by atoms with Crippen molar-refractivity contribution in [3.8, 4) is 0 Å². The van der Waals surface area contributed by atoms with Crippen molar-refractivity contribution in [1.82, 2.24) is 15.5 Å². The first-order chi connectivity index (χ1) is 11.7. The summed E-state index contributed by atoms with van der Waals surface area (Å²) in [6.07, 6.45) is 6.90. The molecule has 1 heterocycles. The van der Waals surface area contributed by atoms with Gasteiger partial charge in [0.05, 0.1) is 6.04 Å². The van der Waals surface area contributed by atoms with E-state index in [0.29, 0.717) is 17.5 Å². The van der Waals surface area contributed by atoms with Crippen LogP contribution in [0.5, 0.6) is 0 Å². The number of hydrogen-bond donors (Lipinski definition) is 2. The monoisotopic (exact) mass is 327 g/mol. The molecular formula is C19H22FN3O. The zero-order valence-electron chi connectivity index (χ0n) is 13.6. The Balaban J connectivity index is 1.53. The molecule has 2 fully saturated rings. The first-order valence-electron chi connectivity index (χ1n) is 8.82. The Morgan fingerprint density at radius 1 is 1.17 bits per heavy atom. The van der Waals surface area contributed by atoms with Crippen molar-refractivity contribution in [2.24, 2.45) is 5.92 Å². The second-order valence-corrected chi connectivity index (χ2v) is 7.03. The molecule has 1 aromatic heterocycles. The number of nitrogens with zero attached hydrogens (tertiary/aromatic N) is 1. The summed E-state index contributed by atoms with van der Waals surface area (Å²) in [5.74, 6) is 0.541. The van der Waals surface area contributed by atoms with E-state index in [9.17, 15) is 9.18 Å². The van der Waals surface area contributed by atoms with Crippen LogP contribution in [0.25, 0.3) is 0 Å². The topological polar surface area (TPSA) is 57.8 Å². The number of nitrogens with one attached hydrogen (secondary N) is 2. The fourth-order valence-corrected chi connectivity index (χ4v) is 3.71. The molecule has 0 aliphatic heterocycles. The summed E-state index contributed by atoms with van der Waals surface area (Å²) in [5, 5.41) is 10.3. The number of H-pyrrole nitrogens is 1. The molecule has 0 saturated heterocycles. The van der Waals surface area contributed by atoms with Gasteiger partial charge in [0.25, 0.3) is 5.91 Å². The first kappa shape index (κ1) is 15.4. The summed E-state index contributed by atoms with van der Waals surface area (Å²) in [4.78, 5) is 12.6. The van der Waals surface area contributed by atoms with Crippen molar-refractivity contribution in [1.29, 1.82) is 0 Å². The van der Waals surface area contributed by atoms with Crippen LogP contribution in [0.1, 0.15) is 72.2 Å². The average Bonchev–Trinajstić information content (AvgIpc) is 3.11. The predicted octanol–water partition coefficient (Wildman–Crippen LogP) is 4.09. The summed E-state index contributed by atoms with van der Waals surface area (Å²) in [7, 11) is 0. The molecule has 1 atom stereocenters. The van der Waals surface area contributed by atoms with Gasteiger partial charge in [0.1, 0.15) is 11.5 Å². The Morgan fingerprint density at radius 3 is 2.54 bits per heavy atom. The lowest BCUT2D eigenvalue weighted by Crippen LogP contribution is -2.33. The highest BCUT2D eigenvalue weighted by atomic mass is 19.1. The highest BCUT2D eigenvalue weighted by Crippen LogP contribution is 2.39. The largest absolute Gasteiger partial charge is 0.344 e. The molecule has 1 amide bonds. The maximum Gasteiger partial charge on any atom is 0.272 e. The highest BCUT2D eigenvalue weighted by molar-refractivity contribution is 5.92. The molecule has 2 N–H and O–H groups in total. The number of carbonyl (C=O) groups excluding carboxylic acids is 1. The molecule has 5 heteroatoms. The van der Waals surface area contributed by atoms with E-state index < -0.39 is 0 Å². The third-order valence-electron chi connectivity index (χ3n) is 5.23. The zero-order valence-corrected chi connectivity index (χ0v) is 13.6. The molecular weight excluding hydrogens is 305 g/mol. The molecule has 2 aromatic rings. The van der Waals surface area contributed by atoms with Crippen LogP contribution in [0.15, 0.2) is 30.3 Å². The fraction of sp³-hybridized carbons (Fsp3) is 0.474. The number of benzene rings is 1. The minimum absolute atomic E-state index is 0.0818. The summed E-state index contributed by atoms with van der Waals surface area (Å²) in [6.45, 7) is 0. The molecule has 2 aliphatic carbocycles. The number of aromatic amines is 1. The van der Waals surface area contributed by atoms with E-state index in [-0.39, 0.29) is 17.8 Å². The molecule has 0 bridgehead atoms.